The molecular formula is C24H14BClF6N2O6. The summed E-state index contributed by atoms with van der Waals surface area (Å²) in [5, 5.41) is 38.0. The first-order valence-electron chi connectivity index (χ1n) is 10.5. The third-order valence-corrected chi connectivity index (χ3v) is 5.07. The molecule has 0 unspecified atom stereocenters. The van der Waals surface area contributed by atoms with E-state index < -0.39 is 57.3 Å². The summed E-state index contributed by atoms with van der Waals surface area (Å²) in [7, 11) is -2.00. The molecule has 0 heterocycles. The van der Waals surface area contributed by atoms with Gasteiger partial charge in [0.25, 0.3) is 11.4 Å². The molecule has 0 spiro atoms. The van der Waals surface area contributed by atoms with Crippen molar-refractivity contribution >= 4 is 35.6 Å². The van der Waals surface area contributed by atoms with E-state index >= 15 is 0 Å². The minimum absolute atomic E-state index is 0.0281. The molecule has 0 atom stereocenters. The lowest BCUT2D eigenvalue weighted by molar-refractivity contribution is -0.384. The van der Waals surface area contributed by atoms with Crippen molar-refractivity contribution in [2.75, 3.05) is 0 Å². The second kappa shape index (κ2) is 14.1. The lowest BCUT2D eigenvalue weighted by Gasteiger charge is -2.04. The Morgan fingerprint density at radius 1 is 0.650 bits per heavy atom. The topological polar surface area (TPSA) is 127 Å². The Morgan fingerprint density at radius 3 is 1.45 bits per heavy atom. The lowest BCUT2D eigenvalue weighted by Crippen LogP contribution is -2.30. The highest BCUT2D eigenvalue weighted by Gasteiger charge is 2.19. The standard InChI is InChI=1S/C12H6F3NO2.C6H4BF3O2.C6H4ClNO2/c13-9-5-7(6-10(14)12(9)15)8-3-1-2-4-11(8)16(17)18;8-4-1-3(7(11)12)2-5(9)6(4)10;7-5-3-1-2-4-6(5)8(9)10/h1-6H;1-2,11-12H;1-4H. The minimum Gasteiger partial charge on any atom is -0.423 e. The Hall–Kier alpha value is -4.47. The van der Waals surface area contributed by atoms with E-state index in [0.717, 1.165) is 12.1 Å². The first-order valence-corrected chi connectivity index (χ1v) is 10.9. The monoisotopic (exact) mass is 586 g/mol. The third kappa shape index (κ3) is 8.27. The average Bonchev–Trinajstić information content (AvgIpc) is 2.90. The van der Waals surface area contributed by atoms with Crippen molar-refractivity contribution in [3.05, 3.63) is 133 Å². The van der Waals surface area contributed by atoms with E-state index in [1.54, 1.807) is 12.1 Å². The van der Waals surface area contributed by atoms with E-state index in [2.05, 4.69) is 0 Å². The fourth-order valence-corrected chi connectivity index (χ4v) is 3.12. The molecule has 4 aromatic carbocycles. The molecule has 4 aromatic rings. The Kier molecular flexibility index (Phi) is 11.2. The highest BCUT2D eigenvalue weighted by Crippen LogP contribution is 2.31. The molecule has 16 heteroatoms. The van der Waals surface area contributed by atoms with E-state index in [0.29, 0.717) is 12.1 Å². The summed E-state index contributed by atoms with van der Waals surface area (Å²) in [6.07, 6.45) is 0. The van der Waals surface area contributed by atoms with Gasteiger partial charge in [0.2, 0.25) is 0 Å². The van der Waals surface area contributed by atoms with Gasteiger partial charge in [-0.05, 0) is 47.4 Å². The van der Waals surface area contributed by atoms with Gasteiger partial charge in [0, 0.05) is 12.1 Å². The number of nitro benzene ring substituents is 2. The summed E-state index contributed by atoms with van der Waals surface area (Å²) in [6, 6.07) is 14.0. The summed E-state index contributed by atoms with van der Waals surface area (Å²) >= 11 is 5.48. The van der Waals surface area contributed by atoms with Gasteiger partial charge < -0.3 is 10.0 Å². The van der Waals surface area contributed by atoms with Gasteiger partial charge in [0.05, 0.1) is 15.4 Å². The van der Waals surface area contributed by atoms with Crippen LogP contribution >= 0.6 is 11.6 Å². The zero-order valence-corrected chi connectivity index (χ0v) is 20.3. The van der Waals surface area contributed by atoms with Crippen molar-refractivity contribution < 1.29 is 46.2 Å². The fraction of sp³-hybridized carbons (Fsp3) is 0. The normalized spacial score (nSPS) is 10.0. The molecule has 4 rings (SSSR count). The number of rotatable bonds is 4. The number of nitro groups is 2. The van der Waals surface area contributed by atoms with Crippen LogP contribution in [0.5, 0.6) is 0 Å². The SMILES string of the molecule is O=[N+]([O-])c1ccccc1-c1cc(F)c(F)c(F)c1.O=[N+]([O-])c1ccccc1Cl.OB(O)c1cc(F)c(F)c(F)c1. The molecule has 8 nitrogen and oxygen atoms in total. The predicted octanol–water partition coefficient (Wildman–Crippen LogP) is 5.71. The molecule has 0 aromatic heterocycles. The number of para-hydroxylation sites is 2. The molecule has 208 valence electrons. The van der Waals surface area contributed by atoms with Crippen LogP contribution in [0.4, 0.5) is 37.7 Å². The second-order valence-corrected chi connectivity index (χ2v) is 7.82. The van der Waals surface area contributed by atoms with Crippen molar-refractivity contribution in [2.45, 2.75) is 0 Å². The Labute approximate surface area is 226 Å². The van der Waals surface area contributed by atoms with Crippen molar-refractivity contribution in [3.63, 3.8) is 0 Å². The van der Waals surface area contributed by atoms with Crippen LogP contribution in [0.1, 0.15) is 0 Å². The number of hydrogen-bond donors (Lipinski definition) is 2. The summed E-state index contributed by atoms with van der Waals surface area (Å²) in [5.74, 6) is -8.89. The average molecular weight is 587 g/mol. The van der Waals surface area contributed by atoms with Crippen molar-refractivity contribution in [3.8, 4) is 11.1 Å². The summed E-state index contributed by atoms with van der Waals surface area (Å²) in [5.41, 5.74) is -0.836. The first-order chi connectivity index (χ1) is 18.7. The predicted molar refractivity (Wildman–Crippen MR) is 133 cm³/mol. The molecule has 0 amide bonds. The smallest absolute Gasteiger partial charge is 0.423 e. The van der Waals surface area contributed by atoms with Crippen LogP contribution in [0.25, 0.3) is 11.1 Å². The van der Waals surface area contributed by atoms with Gasteiger partial charge in [0.15, 0.2) is 34.9 Å². The zero-order chi connectivity index (χ0) is 30.1. The van der Waals surface area contributed by atoms with Crippen LogP contribution in [0.3, 0.4) is 0 Å². The number of halogens is 7. The molecule has 0 fully saturated rings. The quantitative estimate of drug-likeness (QED) is 0.104. The maximum absolute atomic E-state index is 13.1. The second-order valence-electron chi connectivity index (χ2n) is 7.41. The Bertz CT molecular complexity index is 1500. The van der Waals surface area contributed by atoms with Gasteiger partial charge >= 0.3 is 7.12 Å². The molecule has 0 bridgehead atoms. The van der Waals surface area contributed by atoms with Gasteiger partial charge in [-0.2, -0.15) is 0 Å². The molecular weight excluding hydrogens is 573 g/mol. The van der Waals surface area contributed by atoms with E-state index in [1.807, 2.05) is 0 Å². The van der Waals surface area contributed by atoms with Gasteiger partial charge in [0.1, 0.15) is 5.02 Å². The summed E-state index contributed by atoms with van der Waals surface area (Å²) < 4.78 is 75.9. The van der Waals surface area contributed by atoms with Gasteiger partial charge in [-0.1, -0.05) is 35.9 Å². The van der Waals surface area contributed by atoms with Crippen molar-refractivity contribution in [1.29, 1.82) is 0 Å². The van der Waals surface area contributed by atoms with Crippen LogP contribution in [-0.4, -0.2) is 27.0 Å². The van der Waals surface area contributed by atoms with Crippen molar-refractivity contribution in [2.24, 2.45) is 0 Å². The van der Waals surface area contributed by atoms with Crippen LogP contribution in [-0.2, 0) is 0 Å². The van der Waals surface area contributed by atoms with Crippen LogP contribution < -0.4 is 5.46 Å². The molecule has 0 saturated heterocycles. The van der Waals surface area contributed by atoms with Gasteiger partial charge in [-0.25, -0.2) is 26.3 Å². The maximum Gasteiger partial charge on any atom is 0.488 e. The zero-order valence-electron chi connectivity index (χ0n) is 19.6. The molecule has 40 heavy (non-hydrogen) atoms. The molecule has 0 saturated carbocycles. The third-order valence-electron chi connectivity index (χ3n) is 4.75. The number of benzene rings is 4. The maximum atomic E-state index is 13.1. The summed E-state index contributed by atoms with van der Waals surface area (Å²) in [4.78, 5) is 19.7. The van der Waals surface area contributed by atoms with Gasteiger partial charge in [-0.3, -0.25) is 20.2 Å². The number of nitrogens with zero attached hydrogens (tertiary/aromatic N) is 2. The molecule has 0 radical (unpaired) electrons. The molecule has 0 aliphatic carbocycles. The van der Waals surface area contributed by atoms with E-state index in [9.17, 15) is 46.6 Å². The highest BCUT2D eigenvalue weighted by atomic mass is 35.5. The van der Waals surface area contributed by atoms with Crippen LogP contribution in [0.15, 0.2) is 72.8 Å². The molecule has 2 N–H and O–H groups in total. The molecule has 0 aliphatic rings. The van der Waals surface area contributed by atoms with E-state index in [-0.39, 0.29) is 27.5 Å². The lowest BCUT2D eigenvalue weighted by atomic mass is 9.80. The minimum atomic E-state index is -2.00. The van der Waals surface area contributed by atoms with Gasteiger partial charge in [-0.15, -0.1) is 0 Å². The first kappa shape index (κ1) is 31.8. The summed E-state index contributed by atoms with van der Waals surface area (Å²) in [6.45, 7) is 0. The van der Waals surface area contributed by atoms with Crippen LogP contribution in [0.2, 0.25) is 5.02 Å². The molecule has 0 aliphatic heterocycles. The largest absolute Gasteiger partial charge is 0.488 e. The number of hydrogen-bond acceptors (Lipinski definition) is 6. The van der Waals surface area contributed by atoms with E-state index in [1.165, 1.54) is 36.4 Å². The van der Waals surface area contributed by atoms with Crippen LogP contribution in [0, 0.1) is 55.1 Å². The Balaban J connectivity index is 0.000000222. The highest BCUT2D eigenvalue weighted by molar-refractivity contribution is 6.58. The van der Waals surface area contributed by atoms with Crippen molar-refractivity contribution in [1.82, 2.24) is 0 Å². The van der Waals surface area contributed by atoms with E-state index in [4.69, 9.17) is 21.6 Å². The Morgan fingerprint density at radius 2 is 1.05 bits per heavy atom. The fourth-order valence-electron chi connectivity index (χ4n) is 2.91.